The number of carbonyl (C=O) groups is 1. The molecule has 1 aliphatic rings. The van der Waals surface area contributed by atoms with Crippen LogP contribution in [-0.2, 0) is 7.05 Å². The summed E-state index contributed by atoms with van der Waals surface area (Å²) in [7, 11) is 5.68. The third-order valence-electron chi connectivity index (χ3n) is 3.58. The van der Waals surface area contributed by atoms with Gasteiger partial charge in [0.25, 0.3) is 5.91 Å². The molecule has 8 heteroatoms. The highest BCUT2D eigenvalue weighted by Crippen LogP contribution is 2.21. The molecule has 0 aromatic carbocycles. The van der Waals surface area contributed by atoms with Crippen LogP contribution in [0.5, 0.6) is 0 Å². The van der Waals surface area contributed by atoms with E-state index >= 15 is 0 Å². The zero-order valence-corrected chi connectivity index (χ0v) is 12.9. The zero-order chi connectivity index (χ0) is 15.7. The topological polar surface area (TPSA) is 79.2 Å². The van der Waals surface area contributed by atoms with Gasteiger partial charge in [-0.2, -0.15) is 5.10 Å². The highest BCUT2D eigenvalue weighted by Gasteiger charge is 2.30. The van der Waals surface area contributed by atoms with Gasteiger partial charge in [-0.15, -0.1) is 0 Å². The van der Waals surface area contributed by atoms with E-state index < -0.39 is 0 Å². The molecule has 0 radical (unpaired) electrons. The third-order valence-corrected chi connectivity index (χ3v) is 3.58. The molecule has 0 unspecified atom stereocenters. The fraction of sp³-hybridized carbons (Fsp3) is 0.429. The van der Waals surface area contributed by atoms with E-state index in [0.717, 1.165) is 24.7 Å². The van der Waals surface area contributed by atoms with E-state index in [2.05, 4.69) is 25.3 Å². The van der Waals surface area contributed by atoms with E-state index in [0.29, 0.717) is 5.69 Å². The molecule has 3 heterocycles. The number of hydrogen-bond donors (Lipinski definition) is 1. The molecule has 1 N–H and O–H groups in total. The van der Waals surface area contributed by atoms with Crippen LogP contribution in [-0.4, -0.2) is 58.9 Å². The SMILES string of the molecule is CN(C)c1cc(N2CC(NC(=O)c3ccn(C)n3)C2)ncn1. The van der Waals surface area contributed by atoms with Gasteiger partial charge in [0.15, 0.2) is 0 Å². The van der Waals surface area contributed by atoms with Gasteiger partial charge in [0.1, 0.15) is 23.7 Å². The number of nitrogens with one attached hydrogen (secondary N) is 1. The Morgan fingerprint density at radius 2 is 2.14 bits per heavy atom. The number of amides is 1. The largest absolute Gasteiger partial charge is 0.363 e. The van der Waals surface area contributed by atoms with E-state index in [-0.39, 0.29) is 11.9 Å². The molecular weight excluding hydrogens is 282 g/mol. The summed E-state index contributed by atoms with van der Waals surface area (Å²) in [5, 5.41) is 7.07. The predicted octanol–water partition coefficient (Wildman–Crippen LogP) is -0.105. The Labute approximate surface area is 128 Å². The number of nitrogens with zero attached hydrogens (tertiary/aromatic N) is 6. The van der Waals surface area contributed by atoms with E-state index in [1.807, 2.05) is 25.1 Å². The van der Waals surface area contributed by atoms with Crippen molar-refractivity contribution in [3.05, 3.63) is 30.4 Å². The van der Waals surface area contributed by atoms with Gasteiger partial charge >= 0.3 is 0 Å². The summed E-state index contributed by atoms with van der Waals surface area (Å²) < 4.78 is 1.62. The maximum absolute atomic E-state index is 12.0. The van der Waals surface area contributed by atoms with Gasteiger partial charge in [-0.1, -0.05) is 0 Å². The van der Waals surface area contributed by atoms with Crippen molar-refractivity contribution in [2.75, 3.05) is 37.0 Å². The molecule has 0 spiro atoms. The van der Waals surface area contributed by atoms with Crippen LogP contribution in [0.15, 0.2) is 24.7 Å². The highest BCUT2D eigenvalue weighted by atomic mass is 16.2. The molecule has 0 saturated carbocycles. The van der Waals surface area contributed by atoms with Crippen LogP contribution in [0.3, 0.4) is 0 Å². The van der Waals surface area contributed by atoms with Gasteiger partial charge in [0.05, 0.1) is 6.04 Å². The first-order valence-electron chi connectivity index (χ1n) is 7.08. The molecule has 2 aromatic rings. The summed E-state index contributed by atoms with van der Waals surface area (Å²) in [6, 6.07) is 3.77. The van der Waals surface area contributed by atoms with Crippen LogP contribution in [0.4, 0.5) is 11.6 Å². The molecule has 22 heavy (non-hydrogen) atoms. The van der Waals surface area contributed by atoms with Gasteiger partial charge in [0.2, 0.25) is 0 Å². The first-order valence-corrected chi connectivity index (χ1v) is 7.08. The van der Waals surface area contributed by atoms with Gasteiger partial charge in [0, 0.05) is 46.5 Å². The molecule has 2 aromatic heterocycles. The number of aromatic nitrogens is 4. The Bertz CT molecular complexity index is 675. The van der Waals surface area contributed by atoms with Crippen LogP contribution in [0, 0.1) is 0 Å². The molecule has 8 nitrogen and oxygen atoms in total. The van der Waals surface area contributed by atoms with Crippen molar-refractivity contribution in [1.29, 1.82) is 0 Å². The normalized spacial score (nSPS) is 14.6. The van der Waals surface area contributed by atoms with Crippen molar-refractivity contribution in [1.82, 2.24) is 25.1 Å². The second kappa shape index (κ2) is 5.63. The van der Waals surface area contributed by atoms with Gasteiger partial charge in [-0.25, -0.2) is 9.97 Å². The van der Waals surface area contributed by atoms with Crippen LogP contribution in [0.2, 0.25) is 0 Å². The van der Waals surface area contributed by atoms with E-state index in [4.69, 9.17) is 0 Å². The van der Waals surface area contributed by atoms with E-state index in [1.165, 1.54) is 0 Å². The number of rotatable bonds is 4. The van der Waals surface area contributed by atoms with Gasteiger partial charge in [-0.3, -0.25) is 9.48 Å². The summed E-state index contributed by atoms with van der Waals surface area (Å²) >= 11 is 0. The lowest BCUT2D eigenvalue weighted by molar-refractivity contribution is 0.0924. The summed E-state index contributed by atoms with van der Waals surface area (Å²) in [4.78, 5) is 24.5. The smallest absolute Gasteiger partial charge is 0.272 e. The van der Waals surface area contributed by atoms with Gasteiger partial charge < -0.3 is 15.1 Å². The number of carbonyl (C=O) groups excluding carboxylic acids is 1. The van der Waals surface area contributed by atoms with Crippen molar-refractivity contribution in [3.8, 4) is 0 Å². The Hall–Kier alpha value is -2.64. The monoisotopic (exact) mass is 301 g/mol. The van der Waals surface area contributed by atoms with Gasteiger partial charge in [-0.05, 0) is 6.07 Å². The molecule has 1 aliphatic heterocycles. The summed E-state index contributed by atoms with van der Waals surface area (Å²) in [5.41, 5.74) is 0.442. The first-order chi connectivity index (χ1) is 10.5. The van der Waals surface area contributed by atoms with Crippen LogP contribution in [0.1, 0.15) is 10.5 Å². The van der Waals surface area contributed by atoms with Crippen LogP contribution >= 0.6 is 0 Å². The molecule has 116 valence electrons. The number of anilines is 2. The number of aryl methyl sites for hydroxylation is 1. The zero-order valence-electron chi connectivity index (χ0n) is 12.9. The second-order valence-corrected chi connectivity index (χ2v) is 5.58. The van der Waals surface area contributed by atoms with Crippen molar-refractivity contribution in [2.24, 2.45) is 7.05 Å². The highest BCUT2D eigenvalue weighted by molar-refractivity contribution is 5.92. The van der Waals surface area contributed by atoms with E-state index in [9.17, 15) is 4.79 Å². The van der Waals surface area contributed by atoms with E-state index in [1.54, 1.807) is 30.3 Å². The Morgan fingerprint density at radius 3 is 2.77 bits per heavy atom. The summed E-state index contributed by atoms with van der Waals surface area (Å²) in [5.74, 6) is 1.61. The predicted molar refractivity (Wildman–Crippen MR) is 83.0 cm³/mol. The molecule has 1 amide bonds. The molecule has 3 rings (SSSR count). The molecule has 0 bridgehead atoms. The third kappa shape index (κ3) is 2.85. The fourth-order valence-corrected chi connectivity index (χ4v) is 2.31. The fourth-order valence-electron chi connectivity index (χ4n) is 2.31. The average Bonchev–Trinajstić information content (AvgIpc) is 2.89. The lowest BCUT2D eigenvalue weighted by Crippen LogP contribution is -2.59. The lowest BCUT2D eigenvalue weighted by Gasteiger charge is -2.40. The minimum Gasteiger partial charge on any atom is -0.363 e. The standard InChI is InChI=1S/C14H19N7O/c1-19(2)12-6-13(16-9-15-12)21-7-10(8-21)17-14(22)11-4-5-20(3)18-11/h4-6,9-10H,7-8H2,1-3H3,(H,17,22). The summed E-state index contributed by atoms with van der Waals surface area (Å²) in [6.45, 7) is 1.48. The minimum absolute atomic E-state index is 0.118. The van der Waals surface area contributed by atoms with Crippen LogP contribution in [0.25, 0.3) is 0 Å². The maximum atomic E-state index is 12.0. The van der Waals surface area contributed by atoms with Crippen molar-refractivity contribution >= 4 is 17.5 Å². The maximum Gasteiger partial charge on any atom is 0.272 e. The second-order valence-electron chi connectivity index (χ2n) is 5.58. The summed E-state index contributed by atoms with van der Waals surface area (Å²) in [6.07, 6.45) is 3.32. The molecule has 1 saturated heterocycles. The van der Waals surface area contributed by atoms with Crippen molar-refractivity contribution in [2.45, 2.75) is 6.04 Å². The first kappa shape index (κ1) is 14.3. The Balaban J connectivity index is 1.56. The number of hydrogen-bond acceptors (Lipinski definition) is 6. The Kier molecular flexibility index (Phi) is 3.66. The molecular formula is C14H19N7O. The average molecular weight is 301 g/mol. The van der Waals surface area contributed by atoms with Crippen molar-refractivity contribution in [3.63, 3.8) is 0 Å². The Morgan fingerprint density at radius 1 is 1.36 bits per heavy atom. The minimum atomic E-state index is -0.137. The quantitative estimate of drug-likeness (QED) is 0.849. The molecule has 1 fully saturated rings. The molecule has 0 aliphatic carbocycles. The molecule has 0 atom stereocenters. The lowest BCUT2D eigenvalue weighted by atomic mass is 10.1. The van der Waals surface area contributed by atoms with Crippen molar-refractivity contribution < 1.29 is 4.79 Å². The van der Waals surface area contributed by atoms with Crippen LogP contribution < -0.4 is 15.1 Å².